The van der Waals surface area contributed by atoms with Crippen molar-refractivity contribution in [3.05, 3.63) is 53.5 Å². The molecule has 0 spiro atoms. The third-order valence-corrected chi connectivity index (χ3v) is 3.40. The van der Waals surface area contributed by atoms with E-state index in [0.717, 1.165) is 11.8 Å². The van der Waals surface area contributed by atoms with Gasteiger partial charge < -0.3 is 0 Å². The molecule has 1 aromatic heterocycles. The summed E-state index contributed by atoms with van der Waals surface area (Å²) in [5.41, 5.74) is 1.39. The van der Waals surface area contributed by atoms with Gasteiger partial charge in [0.15, 0.2) is 6.29 Å². The van der Waals surface area contributed by atoms with Crippen LogP contribution in [0.15, 0.2) is 46.5 Å². The van der Waals surface area contributed by atoms with Crippen LogP contribution in [0, 0.1) is 12.7 Å². The first-order chi connectivity index (χ1) is 8.20. The number of aryl methyl sites for hydroxylation is 1. The Bertz CT molecular complexity index is 557. The normalized spacial score (nSPS) is 10.2. The minimum Gasteiger partial charge on any atom is -0.298 e. The molecule has 0 unspecified atom stereocenters. The van der Waals surface area contributed by atoms with E-state index in [2.05, 4.69) is 4.98 Å². The molecule has 0 N–H and O–H groups in total. The fourth-order valence-corrected chi connectivity index (χ4v) is 2.23. The van der Waals surface area contributed by atoms with Crippen LogP contribution in [0.2, 0.25) is 0 Å². The molecule has 2 rings (SSSR count). The van der Waals surface area contributed by atoms with Gasteiger partial charge in [-0.3, -0.25) is 4.79 Å². The Morgan fingerprint density at radius 1 is 1.35 bits per heavy atom. The van der Waals surface area contributed by atoms with Gasteiger partial charge in [0.25, 0.3) is 0 Å². The fraction of sp³-hybridized carbons (Fsp3) is 0.0769. The lowest BCUT2D eigenvalue weighted by Crippen LogP contribution is -1.90. The second kappa shape index (κ2) is 5.10. The van der Waals surface area contributed by atoms with Crippen molar-refractivity contribution < 1.29 is 9.18 Å². The second-order valence-corrected chi connectivity index (χ2v) is 4.57. The van der Waals surface area contributed by atoms with Crippen LogP contribution < -0.4 is 0 Å². The number of benzene rings is 1. The number of hydrogen-bond acceptors (Lipinski definition) is 3. The molecule has 0 saturated heterocycles. The van der Waals surface area contributed by atoms with Crippen molar-refractivity contribution in [2.75, 3.05) is 0 Å². The third-order valence-electron chi connectivity index (χ3n) is 2.23. The molecule has 0 saturated carbocycles. The number of nitrogens with zero attached hydrogens (tertiary/aromatic N) is 1. The van der Waals surface area contributed by atoms with Crippen LogP contribution in [-0.4, -0.2) is 11.3 Å². The zero-order valence-electron chi connectivity index (χ0n) is 9.18. The van der Waals surface area contributed by atoms with Crippen molar-refractivity contribution in [2.24, 2.45) is 0 Å². The number of carbonyl (C=O) groups is 1. The van der Waals surface area contributed by atoms with E-state index in [-0.39, 0.29) is 5.82 Å². The molecule has 0 radical (unpaired) electrons. The van der Waals surface area contributed by atoms with Gasteiger partial charge in [-0.1, -0.05) is 23.9 Å². The van der Waals surface area contributed by atoms with Gasteiger partial charge in [-0.25, -0.2) is 9.37 Å². The first-order valence-electron chi connectivity index (χ1n) is 5.05. The van der Waals surface area contributed by atoms with E-state index in [9.17, 15) is 9.18 Å². The third kappa shape index (κ3) is 2.71. The summed E-state index contributed by atoms with van der Waals surface area (Å²) in [5, 5.41) is 0.709. The number of carbonyl (C=O) groups excluding carboxylic acids is 1. The maximum Gasteiger partial charge on any atom is 0.151 e. The maximum atomic E-state index is 13.4. The Kier molecular flexibility index (Phi) is 3.54. The highest BCUT2D eigenvalue weighted by Crippen LogP contribution is 2.30. The standard InChI is InChI=1S/C13H10FNOS/c1-9-6-10(8-16)7-15-13(9)17-12-5-3-2-4-11(12)14/h2-8H,1H3. The lowest BCUT2D eigenvalue weighted by Gasteiger charge is -2.05. The topological polar surface area (TPSA) is 30.0 Å². The minimum atomic E-state index is -0.266. The van der Waals surface area contributed by atoms with E-state index in [1.807, 2.05) is 6.92 Å². The van der Waals surface area contributed by atoms with Gasteiger partial charge in [0, 0.05) is 16.7 Å². The molecule has 4 heteroatoms. The predicted octanol–water partition coefficient (Wildman–Crippen LogP) is 3.49. The Morgan fingerprint density at radius 3 is 2.76 bits per heavy atom. The summed E-state index contributed by atoms with van der Waals surface area (Å²) in [6.45, 7) is 1.85. The Morgan fingerprint density at radius 2 is 2.12 bits per heavy atom. The van der Waals surface area contributed by atoms with Gasteiger partial charge in [0.05, 0.1) is 0 Å². The highest BCUT2D eigenvalue weighted by molar-refractivity contribution is 7.99. The molecule has 17 heavy (non-hydrogen) atoms. The molecular weight excluding hydrogens is 237 g/mol. The summed E-state index contributed by atoms with van der Waals surface area (Å²) in [6.07, 6.45) is 2.24. The van der Waals surface area contributed by atoms with E-state index in [4.69, 9.17) is 0 Å². The molecule has 0 aliphatic carbocycles. The van der Waals surface area contributed by atoms with Gasteiger partial charge in [0.1, 0.15) is 10.8 Å². The highest BCUT2D eigenvalue weighted by Gasteiger charge is 2.07. The van der Waals surface area contributed by atoms with Crippen LogP contribution in [0.1, 0.15) is 15.9 Å². The largest absolute Gasteiger partial charge is 0.298 e. The second-order valence-electron chi connectivity index (χ2n) is 3.54. The van der Waals surface area contributed by atoms with Crippen molar-refractivity contribution in [1.29, 1.82) is 0 Å². The van der Waals surface area contributed by atoms with Crippen molar-refractivity contribution in [3.8, 4) is 0 Å². The molecule has 1 heterocycles. The molecule has 0 fully saturated rings. The van der Waals surface area contributed by atoms with Gasteiger partial charge in [0.2, 0.25) is 0 Å². The van der Waals surface area contributed by atoms with E-state index >= 15 is 0 Å². The van der Waals surface area contributed by atoms with Crippen LogP contribution in [0.25, 0.3) is 0 Å². The van der Waals surface area contributed by atoms with Crippen LogP contribution in [0.5, 0.6) is 0 Å². The number of pyridine rings is 1. The van der Waals surface area contributed by atoms with Gasteiger partial charge in [-0.05, 0) is 30.7 Å². The monoisotopic (exact) mass is 247 g/mol. The molecule has 2 aromatic rings. The first-order valence-corrected chi connectivity index (χ1v) is 5.86. The SMILES string of the molecule is Cc1cc(C=O)cnc1Sc1ccccc1F. The molecule has 0 bridgehead atoms. The highest BCUT2D eigenvalue weighted by atomic mass is 32.2. The van der Waals surface area contributed by atoms with E-state index in [1.165, 1.54) is 24.0 Å². The molecule has 0 aliphatic rings. The number of aromatic nitrogens is 1. The lowest BCUT2D eigenvalue weighted by atomic mass is 10.2. The quantitative estimate of drug-likeness (QED) is 0.778. The lowest BCUT2D eigenvalue weighted by molar-refractivity contribution is 0.112. The first kappa shape index (κ1) is 11.8. The Balaban J connectivity index is 2.31. The number of hydrogen-bond donors (Lipinski definition) is 0. The van der Waals surface area contributed by atoms with Gasteiger partial charge >= 0.3 is 0 Å². The fourth-order valence-electron chi connectivity index (χ4n) is 1.39. The molecule has 0 amide bonds. The molecular formula is C13H10FNOS. The van der Waals surface area contributed by atoms with Gasteiger partial charge in [-0.15, -0.1) is 0 Å². The summed E-state index contributed by atoms with van der Waals surface area (Å²) in [6, 6.07) is 8.28. The average molecular weight is 247 g/mol. The molecule has 2 nitrogen and oxygen atoms in total. The zero-order valence-corrected chi connectivity index (χ0v) is 10.00. The van der Waals surface area contributed by atoms with E-state index in [0.29, 0.717) is 15.5 Å². The maximum absolute atomic E-state index is 13.4. The van der Waals surface area contributed by atoms with Crippen molar-refractivity contribution >= 4 is 18.0 Å². The van der Waals surface area contributed by atoms with Crippen LogP contribution >= 0.6 is 11.8 Å². The van der Waals surface area contributed by atoms with Crippen molar-refractivity contribution in [1.82, 2.24) is 4.98 Å². The van der Waals surface area contributed by atoms with Gasteiger partial charge in [-0.2, -0.15) is 0 Å². The molecule has 0 aliphatic heterocycles. The Hall–Kier alpha value is -1.68. The predicted molar refractivity (Wildman–Crippen MR) is 64.9 cm³/mol. The van der Waals surface area contributed by atoms with Crippen molar-refractivity contribution in [2.45, 2.75) is 16.8 Å². The van der Waals surface area contributed by atoms with E-state index in [1.54, 1.807) is 24.3 Å². The minimum absolute atomic E-state index is 0.266. The van der Waals surface area contributed by atoms with Crippen LogP contribution in [0.4, 0.5) is 4.39 Å². The number of halogens is 1. The number of aldehydes is 1. The summed E-state index contributed by atoms with van der Waals surface area (Å²) in [7, 11) is 0. The summed E-state index contributed by atoms with van der Waals surface area (Å²) < 4.78 is 13.4. The summed E-state index contributed by atoms with van der Waals surface area (Å²) >= 11 is 1.26. The number of rotatable bonds is 3. The van der Waals surface area contributed by atoms with E-state index < -0.39 is 0 Å². The molecule has 86 valence electrons. The summed E-state index contributed by atoms with van der Waals surface area (Å²) in [4.78, 5) is 15.3. The average Bonchev–Trinajstić information content (AvgIpc) is 2.34. The van der Waals surface area contributed by atoms with Crippen LogP contribution in [0.3, 0.4) is 0 Å². The zero-order chi connectivity index (χ0) is 12.3. The molecule has 0 atom stereocenters. The van der Waals surface area contributed by atoms with Crippen molar-refractivity contribution in [3.63, 3.8) is 0 Å². The van der Waals surface area contributed by atoms with Crippen LogP contribution in [-0.2, 0) is 0 Å². The summed E-state index contributed by atoms with van der Waals surface area (Å²) in [5.74, 6) is -0.266. The Labute approximate surface area is 103 Å². The molecule has 1 aromatic carbocycles. The smallest absolute Gasteiger partial charge is 0.151 e.